The van der Waals surface area contributed by atoms with Gasteiger partial charge in [0.25, 0.3) is 5.69 Å². The van der Waals surface area contributed by atoms with Crippen LogP contribution in [0.5, 0.6) is 0 Å². The second-order valence-corrected chi connectivity index (χ2v) is 5.34. The Bertz CT molecular complexity index is 662. The lowest BCUT2D eigenvalue weighted by Gasteiger charge is -2.17. The van der Waals surface area contributed by atoms with Gasteiger partial charge in [-0.05, 0) is 34.2 Å². The Morgan fingerprint density at radius 2 is 1.74 bits per heavy atom. The zero-order valence-electron chi connectivity index (χ0n) is 11.0. The van der Waals surface area contributed by atoms with Crippen LogP contribution in [0.15, 0.2) is 42.5 Å². The van der Waals surface area contributed by atoms with E-state index in [1.54, 1.807) is 12.1 Å². The molecule has 1 atom stereocenters. The molecular formula is C16H15NO2. The molecule has 3 rings (SSSR count). The lowest BCUT2D eigenvalue weighted by atomic mass is 9.86. The molecule has 0 saturated heterocycles. The monoisotopic (exact) mass is 253 g/mol. The van der Waals surface area contributed by atoms with E-state index in [1.165, 1.54) is 11.1 Å². The number of fused-ring (bicyclic) bond motifs is 3. The SMILES string of the molecule is CC(C)C1c2ccccc2-c2ccc([N+](=O)[O-])cc21. The first-order valence-electron chi connectivity index (χ1n) is 6.47. The van der Waals surface area contributed by atoms with E-state index in [9.17, 15) is 10.1 Å². The summed E-state index contributed by atoms with van der Waals surface area (Å²) in [6.07, 6.45) is 0. The number of benzene rings is 2. The third-order valence-electron chi connectivity index (χ3n) is 3.83. The van der Waals surface area contributed by atoms with E-state index in [2.05, 4.69) is 26.0 Å². The lowest BCUT2D eigenvalue weighted by Crippen LogP contribution is -2.05. The van der Waals surface area contributed by atoms with Gasteiger partial charge in [0, 0.05) is 18.1 Å². The van der Waals surface area contributed by atoms with Crippen molar-refractivity contribution in [2.45, 2.75) is 19.8 Å². The molecule has 2 aromatic rings. The largest absolute Gasteiger partial charge is 0.269 e. The summed E-state index contributed by atoms with van der Waals surface area (Å²) in [5, 5.41) is 11.0. The molecule has 96 valence electrons. The van der Waals surface area contributed by atoms with E-state index in [-0.39, 0.29) is 16.5 Å². The number of nitro groups is 1. The van der Waals surface area contributed by atoms with Crippen molar-refractivity contribution in [3.63, 3.8) is 0 Å². The highest BCUT2D eigenvalue weighted by atomic mass is 16.6. The Morgan fingerprint density at radius 3 is 2.42 bits per heavy atom. The first-order chi connectivity index (χ1) is 9.09. The van der Waals surface area contributed by atoms with Gasteiger partial charge < -0.3 is 0 Å². The molecular weight excluding hydrogens is 238 g/mol. The molecule has 0 fully saturated rings. The second kappa shape index (κ2) is 4.19. The number of hydrogen-bond acceptors (Lipinski definition) is 2. The van der Waals surface area contributed by atoms with Gasteiger partial charge in [0.15, 0.2) is 0 Å². The Kier molecular flexibility index (Phi) is 2.63. The topological polar surface area (TPSA) is 43.1 Å². The summed E-state index contributed by atoms with van der Waals surface area (Å²) in [4.78, 5) is 10.6. The quantitative estimate of drug-likeness (QED) is 0.589. The Labute approximate surface area is 112 Å². The Hall–Kier alpha value is -2.16. The van der Waals surface area contributed by atoms with Crippen LogP contribution in [0.25, 0.3) is 11.1 Å². The molecule has 1 aliphatic rings. The molecule has 0 radical (unpaired) electrons. The fraction of sp³-hybridized carbons (Fsp3) is 0.250. The molecule has 19 heavy (non-hydrogen) atoms. The van der Waals surface area contributed by atoms with E-state index in [4.69, 9.17) is 0 Å². The molecule has 0 bridgehead atoms. The number of nitro benzene ring substituents is 1. The Balaban J connectivity index is 2.25. The molecule has 0 spiro atoms. The van der Waals surface area contributed by atoms with Crippen molar-refractivity contribution in [2.75, 3.05) is 0 Å². The molecule has 0 N–H and O–H groups in total. The maximum absolute atomic E-state index is 11.0. The van der Waals surface area contributed by atoms with Gasteiger partial charge in [-0.3, -0.25) is 10.1 Å². The van der Waals surface area contributed by atoms with E-state index in [1.807, 2.05) is 18.2 Å². The number of nitrogens with zero attached hydrogens (tertiary/aromatic N) is 1. The van der Waals surface area contributed by atoms with E-state index >= 15 is 0 Å². The minimum absolute atomic E-state index is 0.178. The van der Waals surface area contributed by atoms with Gasteiger partial charge in [0.05, 0.1) is 4.92 Å². The zero-order valence-corrected chi connectivity index (χ0v) is 11.0. The summed E-state index contributed by atoms with van der Waals surface area (Å²) < 4.78 is 0. The smallest absolute Gasteiger partial charge is 0.258 e. The van der Waals surface area contributed by atoms with E-state index < -0.39 is 0 Å². The average molecular weight is 253 g/mol. The van der Waals surface area contributed by atoms with Crippen molar-refractivity contribution >= 4 is 5.69 Å². The summed E-state index contributed by atoms with van der Waals surface area (Å²) in [7, 11) is 0. The maximum Gasteiger partial charge on any atom is 0.269 e. The van der Waals surface area contributed by atoms with Crippen molar-refractivity contribution in [1.82, 2.24) is 0 Å². The van der Waals surface area contributed by atoms with Gasteiger partial charge in [-0.25, -0.2) is 0 Å². The molecule has 0 heterocycles. The van der Waals surface area contributed by atoms with E-state index in [0.29, 0.717) is 5.92 Å². The third kappa shape index (κ3) is 1.73. The van der Waals surface area contributed by atoms with Crippen molar-refractivity contribution in [3.05, 3.63) is 63.7 Å². The first-order valence-corrected chi connectivity index (χ1v) is 6.47. The van der Waals surface area contributed by atoms with Gasteiger partial charge in [0.2, 0.25) is 0 Å². The highest BCUT2D eigenvalue weighted by molar-refractivity contribution is 5.80. The Morgan fingerprint density at radius 1 is 1.05 bits per heavy atom. The van der Waals surface area contributed by atoms with Crippen LogP contribution in [-0.2, 0) is 0 Å². The predicted octanol–water partition coefficient (Wildman–Crippen LogP) is 4.36. The second-order valence-electron chi connectivity index (χ2n) is 5.34. The standard InChI is InChI=1S/C16H15NO2/c1-10(2)16-14-6-4-3-5-12(14)13-8-7-11(17(18)19)9-15(13)16/h3-10,16H,1-2H3. The van der Waals surface area contributed by atoms with Crippen LogP contribution >= 0.6 is 0 Å². The summed E-state index contributed by atoms with van der Waals surface area (Å²) in [5.74, 6) is 0.676. The van der Waals surface area contributed by atoms with Crippen molar-refractivity contribution in [1.29, 1.82) is 0 Å². The third-order valence-corrected chi connectivity index (χ3v) is 3.83. The minimum Gasteiger partial charge on any atom is -0.258 e. The summed E-state index contributed by atoms with van der Waals surface area (Å²) in [6, 6.07) is 13.5. The molecule has 1 unspecified atom stereocenters. The summed E-state index contributed by atoms with van der Waals surface area (Å²) in [6.45, 7) is 4.32. The lowest BCUT2D eigenvalue weighted by molar-refractivity contribution is -0.384. The molecule has 3 nitrogen and oxygen atoms in total. The molecule has 0 amide bonds. The van der Waals surface area contributed by atoms with Crippen molar-refractivity contribution in [3.8, 4) is 11.1 Å². The van der Waals surface area contributed by atoms with Crippen LogP contribution in [0.1, 0.15) is 30.9 Å². The fourth-order valence-electron chi connectivity index (χ4n) is 3.07. The van der Waals surface area contributed by atoms with Gasteiger partial charge in [-0.1, -0.05) is 38.1 Å². The van der Waals surface area contributed by atoms with E-state index in [0.717, 1.165) is 11.1 Å². The van der Waals surface area contributed by atoms with Gasteiger partial charge in [-0.15, -0.1) is 0 Å². The summed E-state index contributed by atoms with van der Waals surface area (Å²) in [5.41, 5.74) is 4.90. The molecule has 0 saturated carbocycles. The van der Waals surface area contributed by atoms with Crippen LogP contribution in [0.2, 0.25) is 0 Å². The van der Waals surface area contributed by atoms with Gasteiger partial charge in [-0.2, -0.15) is 0 Å². The molecule has 2 aromatic carbocycles. The minimum atomic E-state index is -0.319. The first kappa shape index (κ1) is 11.9. The van der Waals surface area contributed by atoms with Crippen LogP contribution < -0.4 is 0 Å². The molecule has 0 aliphatic heterocycles. The molecule has 1 aliphatic carbocycles. The highest BCUT2D eigenvalue weighted by Gasteiger charge is 2.31. The summed E-state index contributed by atoms with van der Waals surface area (Å²) >= 11 is 0. The zero-order chi connectivity index (χ0) is 13.6. The molecule has 0 aromatic heterocycles. The number of hydrogen-bond donors (Lipinski definition) is 0. The maximum atomic E-state index is 11.0. The highest BCUT2D eigenvalue weighted by Crippen LogP contribution is 2.48. The predicted molar refractivity (Wildman–Crippen MR) is 75.2 cm³/mol. The number of rotatable bonds is 2. The van der Waals surface area contributed by atoms with Crippen LogP contribution in [0, 0.1) is 16.0 Å². The van der Waals surface area contributed by atoms with Gasteiger partial charge >= 0.3 is 0 Å². The van der Waals surface area contributed by atoms with Crippen LogP contribution in [0.3, 0.4) is 0 Å². The van der Waals surface area contributed by atoms with Crippen LogP contribution in [-0.4, -0.2) is 4.92 Å². The fourth-order valence-corrected chi connectivity index (χ4v) is 3.07. The van der Waals surface area contributed by atoms with Crippen molar-refractivity contribution < 1.29 is 4.92 Å². The normalized spacial score (nSPS) is 16.3. The van der Waals surface area contributed by atoms with Gasteiger partial charge in [0.1, 0.15) is 0 Å². The number of non-ortho nitro benzene ring substituents is 1. The molecule has 3 heteroatoms. The van der Waals surface area contributed by atoms with Crippen molar-refractivity contribution in [2.24, 2.45) is 5.92 Å². The average Bonchev–Trinajstić information content (AvgIpc) is 2.72. The van der Waals surface area contributed by atoms with Crippen LogP contribution in [0.4, 0.5) is 5.69 Å².